The SMILES string of the molecule is COCCCOc1nc(N2CC3CCC(C2)N3)c2cc(C(F)(F)F)c(-c3ccc(F)c4sc(N)c(C#N)c34)c(F)c2n1. The molecule has 42 heavy (non-hydrogen) atoms. The van der Waals surface area contributed by atoms with E-state index < -0.39 is 28.9 Å². The first-order valence-electron chi connectivity index (χ1n) is 13.3. The Hall–Kier alpha value is -3.80. The quantitative estimate of drug-likeness (QED) is 0.207. The Bertz CT molecular complexity index is 1720. The summed E-state index contributed by atoms with van der Waals surface area (Å²) in [7, 11) is 1.53. The average Bonchev–Trinajstić information content (AvgIpc) is 3.48. The zero-order chi connectivity index (χ0) is 29.8. The highest BCUT2D eigenvalue weighted by Gasteiger charge is 2.39. The highest BCUT2D eigenvalue weighted by Crippen LogP contribution is 2.48. The van der Waals surface area contributed by atoms with E-state index in [4.69, 9.17) is 15.2 Å². The van der Waals surface area contributed by atoms with Crippen molar-refractivity contribution in [3.8, 4) is 23.2 Å². The van der Waals surface area contributed by atoms with Crippen molar-refractivity contribution in [2.24, 2.45) is 0 Å². The largest absolute Gasteiger partial charge is 0.463 e. The van der Waals surface area contributed by atoms with Crippen LogP contribution in [0.15, 0.2) is 18.2 Å². The van der Waals surface area contributed by atoms with Gasteiger partial charge >= 0.3 is 12.2 Å². The fourth-order valence-electron chi connectivity index (χ4n) is 5.83. The normalized spacial score (nSPS) is 18.6. The Kier molecular flexibility index (Phi) is 7.28. The predicted molar refractivity (Wildman–Crippen MR) is 149 cm³/mol. The Morgan fingerprint density at radius 1 is 1.17 bits per heavy atom. The second-order valence-electron chi connectivity index (χ2n) is 10.3. The molecule has 8 nitrogen and oxygen atoms in total. The summed E-state index contributed by atoms with van der Waals surface area (Å²) >= 11 is 0.713. The minimum Gasteiger partial charge on any atom is -0.463 e. The highest BCUT2D eigenvalue weighted by atomic mass is 32.1. The van der Waals surface area contributed by atoms with E-state index in [-0.39, 0.29) is 67.6 Å². The summed E-state index contributed by atoms with van der Waals surface area (Å²) in [6, 6.07) is 4.67. The smallest absolute Gasteiger partial charge is 0.417 e. The number of anilines is 2. The van der Waals surface area contributed by atoms with Crippen LogP contribution in [0.3, 0.4) is 0 Å². The van der Waals surface area contributed by atoms with Crippen molar-refractivity contribution >= 4 is 43.1 Å². The van der Waals surface area contributed by atoms with Crippen LogP contribution in [0.4, 0.5) is 32.8 Å². The maximum Gasteiger partial charge on any atom is 0.417 e. The number of piperazine rings is 1. The Balaban J connectivity index is 1.63. The van der Waals surface area contributed by atoms with Crippen molar-refractivity contribution in [3.05, 3.63) is 41.0 Å². The number of nitriles is 1. The van der Waals surface area contributed by atoms with E-state index in [0.717, 1.165) is 31.0 Å². The lowest BCUT2D eigenvalue weighted by Crippen LogP contribution is -2.51. The first-order chi connectivity index (χ1) is 20.1. The van der Waals surface area contributed by atoms with E-state index in [1.54, 1.807) is 0 Å². The monoisotopic (exact) mass is 604 g/mol. The number of benzene rings is 2. The molecule has 2 saturated heterocycles. The summed E-state index contributed by atoms with van der Waals surface area (Å²) in [5, 5.41) is 12.8. The number of nitrogens with one attached hydrogen (secondary N) is 1. The van der Waals surface area contributed by atoms with Gasteiger partial charge in [0.15, 0.2) is 5.82 Å². The van der Waals surface area contributed by atoms with Crippen molar-refractivity contribution in [2.45, 2.75) is 37.5 Å². The number of rotatable bonds is 7. The van der Waals surface area contributed by atoms with Gasteiger partial charge in [0.25, 0.3) is 0 Å². The van der Waals surface area contributed by atoms with Crippen LogP contribution in [0, 0.1) is 23.0 Å². The third-order valence-electron chi connectivity index (χ3n) is 7.64. The van der Waals surface area contributed by atoms with Gasteiger partial charge in [-0.2, -0.15) is 28.4 Å². The molecule has 4 aromatic rings. The highest BCUT2D eigenvalue weighted by molar-refractivity contribution is 7.23. The van der Waals surface area contributed by atoms with Crippen LogP contribution >= 0.6 is 11.3 Å². The number of ether oxygens (including phenoxy) is 2. The van der Waals surface area contributed by atoms with Crippen LogP contribution in [0.1, 0.15) is 30.4 Å². The molecule has 2 fully saturated rings. The van der Waals surface area contributed by atoms with Crippen molar-refractivity contribution in [1.29, 1.82) is 5.26 Å². The summed E-state index contributed by atoms with van der Waals surface area (Å²) < 4.78 is 86.1. The number of hydrogen-bond donors (Lipinski definition) is 2. The van der Waals surface area contributed by atoms with Gasteiger partial charge in [-0.15, -0.1) is 11.3 Å². The van der Waals surface area contributed by atoms with E-state index >= 15 is 4.39 Å². The second kappa shape index (κ2) is 10.8. The van der Waals surface area contributed by atoms with Crippen LogP contribution in [0.5, 0.6) is 6.01 Å². The zero-order valence-corrected chi connectivity index (χ0v) is 23.1. The number of thiophene rings is 1. The maximum absolute atomic E-state index is 16.7. The lowest BCUT2D eigenvalue weighted by Gasteiger charge is -2.34. The minimum absolute atomic E-state index is 0.0849. The van der Waals surface area contributed by atoms with Crippen LogP contribution in [-0.2, 0) is 10.9 Å². The van der Waals surface area contributed by atoms with Gasteiger partial charge < -0.3 is 25.4 Å². The molecule has 2 unspecified atom stereocenters. The van der Waals surface area contributed by atoms with Crippen LogP contribution in [0.25, 0.3) is 32.1 Å². The molecule has 6 rings (SSSR count). The topological polar surface area (TPSA) is 109 Å². The first-order valence-corrected chi connectivity index (χ1v) is 14.1. The van der Waals surface area contributed by atoms with Crippen molar-refractivity contribution in [1.82, 2.24) is 15.3 Å². The number of nitrogens with two attached hydrogens (primary N) is 1. The number of nitrogens with zero attached hydrogens (tertiary/aromatic N) is 4. The van der Waals surface area contributed by atoms with Crippen molar-refractivity contribution < 1.29 is 31.4 Å². The first kappa shape index (κ1) is 28.3. The molecule has 3 N–H and O–H groups in total. The molecule has 0 aliphatic carbocycles. The fourth-order valence-corrected chi connectivity index (χ4v) is 6.78. The molecule has 2 aliphatic rings. The number of methoxy groups -OCH3 is 1. The number of fused-ring (bicyclic) bond motifs is 4. The van der Waals surface area contributed by atoms with E-state index in [1.807, 2.05) is 11.0 Å². The van der Waals surface area contributed by atoms with Crippen molar-refractivity contribution in [2.75, 3.05) is 44.0 Å². The molecule has 220 valence electrons. The molecule has 0 spiro atoms. The summed E-state index contributed by atoms with van der Waals surface area (Å²) in [6.45, 7) is 1.46. The standard InChI is InChI=1S/C28H25F5N6O2S/c1-40-7-2-8-41-27-37-23-16(26(38-27)39-11-13-3-4-14(12-39)36-13)9-18(28(31,32)33)21(22(23)30)15-5-6-19(29)24-20(15)17(10-34)25(35)42-24/h5-6,9,13-14,36H,2-4,7-8,11-12,35H2,1H3. The molecular weight excluding hydrogens is 579 g/mol. The van der Waals surface area contributed by atoms with Crippen LogP contribution < -0.4 is 20.7 Å². The van der Waals surface area contributed by atoms with Gasteiger partial charge in [-0.05, 0) is 30.5 Å². The summed E-state index contributed by atoms with van der Waals surface area (Å²) in [4.78, 5) is 10.5. The lowest BCUT2D eigenvalue weighted by molar-refractivity contribution is -0.137. The maximum atomic E-state index is 16.7. The van der Waals surface area contributed by atoms with E-state index in [1.165, 1.54) is 7.11 Å². The summed E-state index contributed by atoms with van der Waals surface area (Å²) in [6.07, 6.45) is -2.73. The van der Waals surface area contributed by atoms with Crippen LogP contribution in [0.2, 0.25) is 0 Å². The molecule has 2 bridgehead atoms. The molecule has 2 aromatic carbocycles. The van der Waals surface area contributed by atoms with Gasteiger partial charge in [0, 0.05) is 61.6 Å². The number of aromatic nitrogens is 2. The summed E-state index contributed by atoms with van der Waals surface area (Å²) in [5.74, 6) is -1.94. The molecule has 4 heterocycles. The Labute approximate surface area is 240 Å². The molecular formula is C28H25F5N6O2S. The second-order valence-corrected chi connectivity index (χ2v) is 11.4. The van der Waals surface area contributed by atoms with Gasteiger partial charge in [-0.1, -0.05) is 6.07 Å². The van der Waals surface area contributed by atoms with Gasteiger partial charge in [0.2, 0.25) is 0 Å². The van der Waals surface area contributed by atoms with Crippen molar-refractivity contribution in [3.63, 3.8) is 0 Å². The number of halogens is 5. The fraction of sp³-hybridized carbons (Fsp3) is 0.393. The third-order valence-corrected chi connectivity index (χ3v) is 8.66. The molecule has 2 atom stereocenters. The summed E-state index contributed by atoms with van der Waals surface area (Å²) in [5.41, 5.74) is 2.83. The van der Waals surface area contributed by atoms with Gasteiger partial charge in [-0.25, -0.2) is 8.78 Å². The van der Waals surface area contributed by atoms with Crippen LogP contribution in [-0.4, -0.2) is 55.5 Å². The van der Waals surface area contributed by atoms with E-state index in [0.29, 0.717) is 37.5 Å². The number of hydrogen-bond acceptors (Lipinski definition) is 9. The third kappa shape index (κ3) is 4.85. The molecule has 14 heteroatoms. The van der Waals surface area contributed by atoms with E-state index in [9.17, 15) is 22.8 Å². The number of alkyl halides is 3. The number of nitrogen functional groups attached to an aromatic ring is 1. The molecule has 2 aliphatic heterocycles. The Morgan fingerprint density at radius 2 is 1.90 bits per heavy atom. The molecule has 0 radical (unpaired) electrons. The van der Waals surface area contributed by atoms with Gasteiger partial charge in [0.1, 0.15) is 28.2 Å². The van der Waals surface area contributed by atoms with E-state index in [2.05, 4.69) is 15.3 Å². The Morgan fingerprint density at radius 3 is 2.57 bits per heavy atom. The zero-order valence-electron chi connectivity index (χ0n) is 22.3. The molecule has 2 aromatic heterocycles. The van der Waals surface area contributed by atoms with Gasteiger partial charge in [-0.3, -0.25) is 0 Å². The average molecular weight is 605 g/mol. The lowest BCUT2D eigenvalue weighted by atomic mass is 9.92. The minimum atomic E-state index is -5.02. The predicted octanol–water partition coefficient (Wildman–Crippen LogP) is 5.62. The van der Waals surface area contributed by atoms with Gasteiger partial charge in [0.05, 0.1) is 22.4 Å². The molecule has 0 saturated carbocycles. The molecule has 0 amide bonds.